The lowest BCUT2D eigenvalue weighted by Gasteiger charge is -2.39. The van der Waals surface area contributed by atoms with Crippen LogP contribution >= 0.6 is 0 Å². The largest absolute Gasteiger partial charge is 0.434 e. The minimum Gasteiger partial charge on any atom is -0.426 e. The highest BCUT2D eigenvalue weighted by atomic mass is 32.2. The average Bonchev–Trinajstić information content (AvgIpc) is 3.21. The Kier molecular flexibility index (Phi) is 7.65. The van der Waals surface area contributed by atoms with Crippen LogP contribution in [0.25, 0.3) is 0 Å². The molecule has 2 fully saturated rings. The molecule has 0 N–H and O–H groups in total. The van der Waals surface area contributed by atoms with Crippen molar-refractivity contribution in [3.8, 4) is 0 Å². The highest BCUT2D eigenvalue weighted by molar-refractivity contribution is 7.81. The average molecular weight is 542 g/mol. The molecule has 4 rings (SSSR count). The maximum absolute atomic E-state index is 12.8. The number of halogens is 6. The number of hydrogen-bond donors (Lipinski definition) is 0. The van der Waals surface area contributed by atoms with Gasteiger partial charge in [0, 0.05) is 39.0 Å². The molecule has 0 aromatic heterocycles. The van der Waals surface area contributed by atoms with Crippen LogP contribution in [0.3, 0.4) is 0 Å². The molecule has 6 nitrogen and oxygen atoms in total. The summed E-state index contributed by atoms with van der Waals surface area (Å²) in [7, 11) is -1.05. The first-order valence-corrected chi connectivity index (χ1v) is 13.3. The fourth-order valence-corrected chi connectivity index (χ4v) is 6.07. The zero-order valence-electron chi connectivity index (χ0n) is 19.8. The molecule has 1 aromatic rings. The van der Waals surface area contributed by atoms with Crippen LogP contribution in [-0.2, 0) is 35.2 Å². The highest BCUT2D eigenvalue weighted by Crippen LogP contribution is 2.42. The Labute approximate surface area is 208 Å². The molecule has 3 aliphatic heterocycles. The Bertz CT molecular complexity index is 980. The fourth-order valence-electron chi connectivity index (χ4n) is 5.41. The number of ether oxygens (including phenoxy) is 1. The van der Waals surface area contributed by atoms with E-state index in [1.807, 2.05) is 10.4 Å². The van der Waals surface area contributed by atoms with Gasteiger partial charge in [0.2, 0.25) is 0 Å². The van der Waals surface area contributed by atoms with Crippen molar-refractivity contribution in [2.24, 2.45) is 5.41 Å². The molecular weight excluding hydrogens is 512 g/mol. The Balaban J connectivity index is 1.34. The lowest BCUT2D eigenvalue weighted by Crippen LogP contribution is -2.48. The number of fused-ring (bicyclic) bond motifs is 1. The molecular formula is C23H29F6N3O3S. The van der Waals surface area contributed by atoms with Gasteiger partial charge in [0.05, 0.1) is 11.0 Å². The lowest BCUT2D eigenvalue weighted by atomic mass is 9.77. The van der Waals surface area contributed by atoms with E-state index in [1.54, 1.807) is 6.26 Å². The van der Waals surface area contributed by atoms with Gasteiger partial charge in [-0.3, -0.25) is 4.90 Å². The van der Waals surface area contributed by atoms with Crippen molar-refractivity contribution in [1.29, 1.82) is 0 Å². The standard InChI is InChI=1S/C23H29F6N3O3S/c1-36(34)32-9-5-16-3-2-4-17(18(16)14-32)13-30-10-6-21(7-11-30)8-12-31(15-21)20(33)35-19(22(24,25)26)23(27,28)29/h2-4,19H,5-15H2,1H3. The Morgan fingerprint density at radius 3 is 2.31 bits per heavy atom. The monoisotopic (exact) mass is 541 g/mol. The van der Waals surface area contributed by atoms with E-state index in [4.69, 9.17) is 0 Å². The van der Waals surface area contributed by atoms with Gasteiger partial charge in [-0.05, 0) is 60.9 Å². The van der Waals surface area contributed by atoms with Gasteiger partial charge in [-0.2, -0.15) is 26.3 Å². The zero-order valence-corrected chi connectivity index (χ0v) is 20.6. The van der Waals surface area contributed by atoms with Crippen molar-refractivity contribution >= 4 is 17.1 Å². The number of alkyl halides is 6. The fraction of sp³-hybridized carbons (Fsp3) is 0.696. The van der Waals surface area contributed by atoms with E-state index in [0.717, 1.165) is 17.9 Å². The number of nitrogens with zero attached hydrogens (tertiary/aromatic N) is 3. The summed E-state index contributed by atoms with van der Waals surface area (Å²) in [4.78, 5) is 15.4. The summed E-state index contributed by atoms with van der Waals surface area (Å²) in [5, 5.41) is 0. The molecule has 2 saturated heterocycles. The summed E-state index contributed by atoms with van der Waals surface area (Å²) in [6.07, 6.45) is -12.8. The van der Waals surface area contributed by atoms with Crippen molar-refractivity contribution in [3.63, 3.8) is 0 Å². The maximum atomic E-state index is 12.8. The van der Waals surface area contributed by atoms with E-state index in [9.17, 15) is 35.3 Å². The lowest BCUT2D eigenvalue weighted by molar-refractivity contribution is -0.308. The number of carbonyl (C=O) groups excluding carboxylic acids is 1. The molecule has 1 unspecified atom stereocenters. The molecule has 0 saturated carbocycles. The van der Waals surface area contributed by atoms with Gasteiger partial charge in [-0.25, -0.2) is 13.3 Å². The van der Waals surface area contributed by atoms with Crippen LogP contribution in [0.1, 0.15) is 36.0 Å². The molecule has 1 amide bonds. The van der Waals surface area contributed by atoms with Gasteiger partial charge in [0.15, 0.2) is 0 Å². The van der Waals surface area contributed by atoms with Gasteiger partial charge >= 0.3 is 18.4 Å². The third kappa shape index (κ3) is 5.99. The maximum Gasteiger partial charge on any atom is 0.434 e. The van der Waals surface area contributed by atoms with Gasteiger partial charge < -0.3 is 9.64 Å². The third-order valence-corrected chi connectivity index (χ3v) is 8.56. The predicted octanol–water partition coefficient (Wildman–Crippen LogP) is 4.26. The summed E-state index contributed by atoms with van der Waals surface area (Å²) in [5.41, 5.74) is 3.27. The number of carbonyl (C=O) groups is 1. The predicted molar refractivity (Wildman–Crippen MR) is 120 cm³/mol. The number of likely N-dealkylation sites (tertiary alicyclic amines) is 2. The van der Waals surface area contributed by atoms with E-state index >= 15 is 0 Å². The van der Waals surface area contributed by atoms with Crippen molar-refractivity contribution in [1.82, 2.24) is 14.1 Å². The summed E-state index contributed by atoms with van der Waals surface area (Å²) in [6.45, 7) is 3.62. The zero-order chi connectivity index (χ0) is 26.3. The van der Waals surface area contributed by atoms with Crippen LogP contribution in [0.2, 0.25) is 0 Å². The molecule has 0 radical (unpaired) electrons. The number of hydrogen-bond acceptors (Lipinski definition) is 4. The molecule has 1 atom stereocenters. The molecule has 3 aliphatic rings. The van der Waals surface area contributed by atoms with Crippen LogP contribution in [0.5, 0.6) is 0 Å². The van der Waals surface area contributed by atoms with Crippen LogP contribution in [-0.4, -0.2) is 81.8 Å². The minimum atomic E-state index is -5.73. The van der Waals surface area contributed by atoms with Crippen molar-refractivity contribution in [2.75, 3.05) is 39.0 Å². The first-order valence-electron chi connectivity index (χ1n) is 11.8. The first-order chi connectivity index (χ1) is 16.8. The number of amides is 1. The molecule has 1 aromatic carbocycles. The SMILES string of the molecule is CS(=O)N1CCc2cccc(CN3CCC4(CC3)CCN(C(=O)OC(C(F)(F)F)C(F)(F)F)C4)c2C1. The molecule has 3 heterocycles. The second-order valence-corrected chi connectivity index (χ2v) is 11.3. The van der Waals surface area contributed by atoms with Gasteiger partial charge in [-0.1, -0.05) is 18.2 Å². The topological polar surface area (TPSA) is 53.1 Å². The number of benzene rings is 1. The van der Waals surface area contributed by atoms with Gasteiger partial charge in [-0.15, -0.1) is 0 Å². The van der Waals surface area contributed by atoms with Crippen molar-refractivity contribution in [3.05, 3.63) is 34.9 Å². The van der Waals surface area contributed by atoms with Gasteiger partial charge in [0.25, 0.3) is 6.10 Å². The second kappa shape index (κ2) is 10.1. The quantitative estimate of drug-likeness (QED) is 0.535. The number of piperidine rings is 1. The van der Waals surface area contributed by atoms with Crippen LogP contribution in [0.4, 0.5) is 31.1 Å². The molecule has 36 heavy (non-hydrogen) atoms. The summed E-state index contributed by atoms with van der Waals surface area (Å²) in [5.74, 6) is 0. The van der Waals surface area contributed by atoms with Crippen LogP contribution in [0.15, 0.2) is 18.2 Å². The van der Waals surface area contributed by atoms with E-state index in [0.29, 0.717) is 45.4 Å². The second-order valence-electron chi connectivity index (χ2n) is 9.89. The summed E-state index contributed by atoms with van der Waals surface area (Å²) in [6, 6.07) is 6.18. The van der Waals surface area contributed by atoms with Crippen molar-refractivity contribution in [2.45, 2.75) is 57.2 Å². The number of rotatable bonds is 4. The normalized spacial score (nSPS) is 22.2. The van der Waals surface area contributed by atoms with Gasteiger partial charge in [0.1, 0.15) is 0 Å². The molecule has 1 spiro atoms. The third-order valence-electron chi connectivity index (χ3n) is 7.52. The van der Waals surface area contributed by atoms with Crippen LogP contribution < -0.4 is 0 Å². The Hall–Kier alpha value is -1.86. The Morgan fingerprint density at radius 1 is 1.06 bits per heavy atom. The van der Waals surface area contributed by atoms with E-state index < -0.39 is 35.5 Å². The summed E-state index contributed by atoms with van der Waals surface area (Å²) >= 11 is 0. The summed E-state index contributed by atoms with van der Waals surface area (Å²) < 4.78 is 94.3. The molecule has 202 valence electrons. The molecule has 0 aliphatic carbocycles. The first kappa shape index (κ1) is 27.2. The molecule has 0 bridgehead atoms. The van der Waals surface area contributed by atoms with E-state index in [-0.39, 0.29) is 18.5 Å². The highest BCUT2D eigenvalue weighted by Gasteiger charge is 2.60. The van der Waals surface area contributed by atoms with E-state index in [1.165, 1.54) is 16.7 Å². The smallest absolute Gasteiger partial charge is 0.426 e. The van der Waals surface area contributed by atoms with Crippen LogP contribution in [0, 0.1) is 5.41 Å². The Morgan fingerprint density at radius 2 is 1.69 bits per heavy atom. The van der Waals surface area contributed by atoms with Crippen molar-refractivity contribution < 1.29 is 40.1 Å². The van der Waals surface area contributed by atoms with E-state index in [2.05, 4.69) is 21.8 Å². The minimum absolute atomic E-state index is 0.0669. The molecule has 13 heteroatoms.